The maximum absolute atomic E-state index is 12.9. The molecule has 0 bridgehead atoms. The van der Waals surface area contributed by atoms with Crippen LogP contribution in [0.2, 0.25) is 0 Å². The zero-order valence-corrected chi connectivity index (χ0v) is 14.0. The van der Waals surface area contributed by atoms with Gasteiger partial charge in [0.25, 0.3) is 5.91 Å². The van der Waals surface area contributed by atoms with Crippen molar-refractivity contribution in [1.82, 2.24) is 24.6 Å². The summed E-state index contributed by atoms with van der Waals surface area (Å²) < 4.78 is 2.11. The number of piperidine rings is 1. The number of aromatic nitrogens is 4. The van der Waals surface area contributed by atoms with Crippen molar-refractivity contribution in [3.63, 3.8) is 0 Å². The van der Waals surface area contributed by atoms with Crippen LogP contribution in [0.5, 0.6) is 0 Å². The average molecular weight is 323 g/mol. The van der Waals surface area contributed by atoms with Crippen molar-refractivity contribution in [1.29, 1.82) is 0 Å². The first-order chi connectivity index (χ1) is 11.6. The number of carbonyl (C=O) groups is 1. The Bertz CT molecular complexity index is 894. The van der Waals surface area contributed by atoms with Crippen LogP contribution in [0.25, 0.3) is 11.0 Å². The highest BCUT2D eigenvalue weighted by molar-refractivity contribution is 5.92. The van der Waals surface area contributed by atoms with E-state index < -0.39 is 0 Å². The number of nitrogens with one attached hydrogen (secondary N) is 1. The monoisotopic (exact) mass is 323 g/mol. The Kier molecular flexibility index (Phi) is 3.59. The molecule has 4 rings (SSSR count). The van der Waals surface area contributed by atoms with Gasteiger partial charge in [0.05, 0.1) is 17.1 Å². The van der Waals surface area contributed by atoms with Crippen LogP contribution in [0.4, 0.5) is 0 Å². The summed E-state index contributed by atoms with van der Waals surface area (Å²) >= 11 is 0. The number of carbonyl (C=O) groups excluding carboxylic acids is 1. The molecule has 1 N–H and O–H groups in total. The van der Waals surface area contributed by atoms with Gasteiger partial charge in [0.2, 0.25) is 0 Å². The SMILES string of the molecule is Cc1cc(C(=O)N2CCCC[C@H]2c2nc3ccccc3n2C)n[nH]1. The Morgan fingerprint density at radius 1 is 1.29 bits per heavy atom. The van der Waals surface area contributed by atoms with Gasteiger partial charge in [-0.3, -0.25) is 9.89 Å². The van der Waals surface area contributed by atoms with E-state index in [1.807, 2.05) is 43.1 Å². The maximum Gasteiger partial charge on any atom is 0.274 e. The summed E-state index contributed by atoms with van der Waals surface area (Å²) in [6, 6.07) is 9.91. The second-order valence-electron chi connectivity index (χ2n) is 6.46. The van der Waals surface area contributed by atoms with Gasteiger partial charge in [-0.25, -0.2) is 4.98 Å². The first-order valence-corrected chi connectivity index (χ1v) is 8.39. The summed E-state index contributed by atoms with van der Waals surface area (Å²) in [6.07, 6.45) is 3.07. The largest absolute Gasteiger partial charge is 0.329 e. The van der Waals surface area contributed by atoms with E-state index in [0.717, 1.165) is 48.4 Å². The second-order valence-corrected chi connectivity index (χ2v) is 6.46. The van der Waals surface area contributed by atoms with Gasteiger partial charge in [0.1, 0.15) is 11.5 Å². The van der Waals surface area contributed by atoms with Crippen molar-refractivity contribution in [3.8, 4) is 0 Å². The summed E-state index contributed by atoms with van der Waals surface area (Å²) in [5.41, 5.74) is 3.46. The number of aromatic amines is 1. The van der Waals surface area contributed by atoms with Gasteiger partial charge in [0, 0.05) is 19.3 Å². The molecule has 1 saturated heterocycles. The molecule has 1 aromatic carbocycles. The van der Waals surface area contributed by atoms with Crippen LogP contribution in [0, 0.1) is 6.92 Å². The van der Waals surface area contributed by atoms with Crippen LogP contribution in [-0.4, -0.2) is 37.1 Å². The number of fused-ring (bicyclic) bond motifs is 1. The van der Waals surface area contributed by atoms with Gasteiger partial charge in [0.15, 0.2) is 0 Å². The Morgan fingerprint density at radius 3 is 2.88 bits per heavy atom. The lowest BCUT2D eigenvalue weighted by atomic mass is 10.0. The molecular weight excluding hydrogens is 302 g/mol. The van der Waals surface area contributed by atoms with E-state index in [1.54, 1.807) is 0 Å². The lowest BCUT2D eigenvalue weighted by Crippen LogP contribution is -2.39. The van der Waals surface area contributed by atoms with Crippen molar-refractivity contribution < 1.29 is 4.79 Å². The quantitative estimate of drug-likeness (QED) is 0.788. The lowest BCUT2D eigenvalue weighted by Gasteiger charge is -2.34. The molecule has 0 aliphatic carbocycles. The topological polar surface area (TPSA) is 66.8 Å². The fourth-order valence-corrected chi connectivity index (χ4v) is 3.58. The molecule has 3 heterocycles. The molecule has 1 fully saturated rings. The predicted octanol–water partition coefficient (Wildman–Crippen LogP) is 2.97. The number of likely N-dealkylation sites (tertiary alicyclic amines) is 1. The van der Waals surface area contributed by atoms with Gasteiger partial charge < -0.3 is 9.47 Å². The molecule has 2 aromatic heterocycles. The third-order valence-corrected chi connectivity index (χ3v) is 4.81. The predicted molar refractivity (Wildman–Crippen MR) is 91.7 cm³/mol. The number of imidazole rings is 1. The highest BCUT2D eigenvalue weighted by Crippen LogP contribution is 2.32. The first kappa shape index (κ1) is 14.9. The van der Waals surface area contributed by atoms with Gasteiger partial charge in [-0.15, -0.1) is 0 Å². The highest BCUT2D eigenvalue weighted by Gasteiger charge is 2.32. The molecule has 1 atom stereocenters. The fourth-order valence-electron chi connectivity index (χ4n) is 3.58. The molecular formula is C18H21N5O. The van der Waals surface area contributed by atoms with Crippen molar-refractivity contribution in [2.24, 2.45) is 7.05 Å². The van der Waals surface area contributed by atoms with Gasteiger partial charge in [-0.05, 0) is 44.4 Å². The zero-order valence-electron chi connectivity index (χ0n) is 14.0. The average Bonchev–Trinajstić information content (AvgIpc) is 3.18. The molecule has 1 amide bonds. The number of hydrogen-bond acceptors (Lipinski definition) is 3. The number of aryl methyl sites for hydroxylation is 2. The third-order valence-electron chi connectivity index (χ3n) is 4.81. The molecule has 0 radical (unpaired) electrons. The van der Waals surface area contributed by atoms with Gasteiger partial charge in [-0.1, -0.05) is 12.1 Å². The smallest absolute Gasteiger partial charge is 0.274 e. The van der Waals surface area contributed by atoms with E-state index >= 15 is 0 Å². The van der Waals surface area contributed by atoms with E-state index in [2.05, 4.69) is 20.8 Å². The summed E-state index contributed by atoms with van der Waals surface area (Å²) in [6.45, 7) is 2.65. The molecule has 1 aliphatic heterocycles. The number of amides is 1. The second kappa shape index (κ2) is 5.78. The Morgan fingerprint density at radius 2 is 2.12 bits per heavy atom. The lowest BCUT2D eigenvalue weighted by molar-refractivity contribution is 0.0591. The van der Waals surface area contributed by atoms with Gasteiger partial charge >= 0.3 is 0 Å². The molecule has 6 heteroatoms. The van der Waals surface area contributed by atoms with Crippen LogP contribution in [-0.2, 0) is 7.05 Å². The van der Waals surface area contributed by atoms with Crippen molar-refractivity contribution in [2.75, 3.05) is 6.54 Å². The summed E-state index contributed by atoms with van der Waals surface area (Å²) in [4.78, 5) is 19.7. The minimum absolute atomic E-state index is 0.000608. The summed E-state index contributed by atoms with van der Waals surface area (Å²) in [7, 11) is 2.03. The van der Waals surface area contributed by atoms with E-state index in [4.69, 9.17) is 4.98 Å². The fraction of sp³-hybridized carbons (Fsp3) is 0.389. The minimum Gasteiger partial charge on any atom is -0.329 e. The normalized spacial score (nSPS) is 18.2. The number of benzene rings is 1. The Hall–Kier alpha value is -2.63. The third kappa shape index (κ3) is 2.38. The van der Waals surface area contributed by atoms with Crippen LogP contribution in [0.15, 0.2) is 30.3 Å². The van der Waals surface area contributed by atoms with Crippen molar-refractivity contribution in [2.45, 2.75) is 32.2 Å². The molecule has 0 saturated carbocycles. The molecule has 1 aliphatic rings. The first-order valence-electron chi connectivity index (χ1n) is 8.39. The highest BCUT2D eigenvalue weighted by atomic mass is 16.2. The number of hydrogen-bond donors (Lipinski definition) is 1. The van der Waals surface area contributed by atoms with Crippen molar-refractivity contribution in [3.05, 3.63) is 47.5 Å². The zero-order chi connectivity index (χ0) is 16.7. The molecule has 124 valence electrons. The number of nitrogens with zero attached hydrogens (tertiary/aromatic N) is 4. The van der Waals surface area contributed by atoms with Crippen LogP contribution in [0.1, 0.15) is 47.3 Å². The molecule has 0 spiro atoms. The minimum atomic E-state index is -0.0175. The van der Waals surface area contributed by atoms with Crippen LogP contribution >= 0.6 is 0 Å². The summed E-state index contributed by atoms with van der Waals surface area (Å²) in [5.74, 6) is 0.938. The van der Waals surface area contributed by atoms with Gasteiger partial charge in [-0.2, -0.15) is 5.10 Å². The van der Waals surface area contributed by atoms with E-state index in [-0.39, 0.29) is 11.9 Å². The maximum atomic E-state index is 12.9. The van der Waals surface area contributed by atoms with E-state index in [9.17, 15) is 4.79 Å². The van der Waals surface area contributed by atoms with Crippen molar-refractivity contribution >= 4 is 16.9 Å². The summed E-state index contributed by atoms with van der Waals surface area (Å²) in [5, 5.41) is 7.00. The van der Waals surface area contributed by atoms with E-state index in [1.165, 1.54) is 0 Å². The number of H-pyrrole nitrogens is 1. The number of rotatable bonds is 2. The molecule has 0 unspecified atom stereocenters. The van der Waals surface area contributed by atoms with Crippen LogP contribution in [0.3, 0.4) is 0 Å². The van der Waals surface area contributed by atoms with E-state index in [0.29, 0.717) is 5.69 Å². The van der Waals surface area contributed by atoms with Crippen LogP contribution < -0.4 is 0 Å². The Labute approximate surface area is 140 Å². The molecule has 24 heavy (non-hydrogen) atoms. The standard InChI is InChI=1S/C18H21N5O/c1-12-11-14(21-20-12)18(24)23-10-6-5-9-16(23)17-19-13-7-3-4-8-15(13)22(17)2/h3-4,7-8,11,16H,5-6,9-10H2,1-2H3,(H,20,21)/t16-/m0/s1. The number of para-hydroxylation sites is 2. The molecule has 3 aromatic rings. The Balaban J connectivity index is 1.73. The molecule has 6 nitrogen and oxygen atoms in total.